The molecule has 0 atom stereocenters. The Bertz CT molecular complexity index is 1230. The molecule has 3 aromatic rings. The van der Waals surface area contributed by atoms with Crippen molar-refractivity contribution in [2.45, 2.75) is 13.1 Å². The Morgan fingerprint density at radius 3 is 2.14 bits per heavy atom. The van der Waals surface area contributed by atoms with Crippen molar-refractivity contribution in [2.75, 3.05) is 30.5 Å². The predicted molar refractivity (Wildman–Crippen MR) is 138 cm³/mol. The van der Waals surface area contributed by atoms with E-state index in [-0.39, 0.29) is 16.4 Å². The van der Waals surface area contributed by atoms with Crippen LogP contribution in [0.3, 0.4) is 0 Å². The molecule has 0 aliphatic rings. The van der Waals surface area contributed by atoms with Crippen LogP contribution in [0, 0.1) is 0 Å². The number of halogens is 3. The molecule has 0 aliphatic heterocycles. The number of amides is 2. The van der Waals surface area contributed by atoms with Gasteiger partial charge in [0.2, 0.25) is 0 Å². The molecule has 0 saturated carbocycles. The van der Waals surface area contributed by atoms with Gasteiger partial charge in [-0.1, -0.05) is 6.07 Å². The summed E-state index contributed by atoms with van der Waals surface area (Å²) in [5, 5.41) is 7.88. The molecule has 2 amide bonds. The van der Waals surface area contributed by atoms with Crippen molar-refractivity contribution in [3.63, 3.8) is 0 Å². The number of alkyl halides is 3. The molecule has 3 N–H and O–H groups in total. The summed E-state index contributed by atoms with van der Waals surface area (Å²) >= 11 is 5.18. The van der Waals surface area contributed by atoms with E-state index in [2.05, 4.69) is 16.0 Å². The van der Waals surface area contributed by atoms with Gasteiger partial charge in [-0.05, 0) is 85.9 Å². The lowest BCUT2D eigenvalue weighted by atomic mass is 10.1. The van der Waals surface area contributed by atoms with E-state index in [1.54, 1.807) is 36.4 Å². The molecule has 0 unspecified atom stereocenters. The molecular weight excluding hydrogens is 507 g/mol. The zero-order valence-corrected chi connectivity index (χ0v) is 20.5. The molecule has 11 heteroatoms. The maximum absolute atomic E-state index is 12.9. The molecule has 37 heavy (non-hydrogen) atoms. The van der Waals surface area contributed by atoms with Crippen molar-refractivity contribution < 1.29 is 32.2 Å². The number of hydrogen-bond acceptors (Lipinski definition) is 5. The largest absolute Gasteiger partial charge is 0.491 e. The number of anilines is 2. The van der Waals surface area contributed by atoms with Gasteiger partial charge in [-0.3, -0.25) is 14.9 Å². The highest BCUT2D eigenvalue weighted by Crippen LogP contribution is 2.30. The van der Waals surface area contributed by atoms with Gasteiger partial charge in [0.1, 0.15) is 12.4 Å². The van der Waals surface area contributed by atoms with E-state index >= 15 is 0 Å². The Balaban J connectivity index is 1.50. The Morgan fingerprint density at radius 1 is 0.838 bits per heavy atom. The van der Waals surface area contributed by atoms with Crippen LogP contribution < -0.4 is 20.7 Å². The van der Waals surface area contributed by atoms with Gasteiger partial charge < -0.3 is 20.1 Å². The highest BCUT2D eigenvalue weighted by Gasteiger charge is 2.30. The van der Waals surface area contributed by atoms with Gasteiger partial charge >= 0.3 is 6.18 Å². The summed E-state index contributed by atoms with van der Waals surface area (Å²) in [6.07, 6.45) is -4.51. The van der Waals surface area contributed by atoms with Crippen LogP contribution in [-0.2, 0) is 10.9 Å². The van der Waals surface area contributed by atoms with E-state index in [4.69, 9.17) is 21.7 Å². The molecule has 7 nitrogen and oxygen atoms in total. The molecule has 0 fully saturated rings. The Hall–Kier alpha value is -3.96. The predicted octanol–water partition coefficient (Wildman–Crippen LogP) is 5.50. The number of carbonyl (C=O) groups is 2. The molecule has 3 rings (SSSR count). The second-order valence-corrected chi connectivity index (χ2v) is 8.00. The van der Waals surface area contributed by atoms with Crippen molar-refractivity contribution in [1.82, 2.24) is 5.32 Å². The van der Waals surface area contributed by atoms with Crippen molar-refractivity contribution in [1.29, 1.82) is 0 Å². The minimum Gasteiger partial charge on any atom is -0.491 e. The summed E-state index contributed by atoms with van der Waals surface area (Å²) in [7, 11) is 0. The minimum absolute atomic E-state index is 0.0241. The van der Waals surface area contributed by atoms with Gasteiger partial charge in [0, 0.05) is 29.1 Å². The van der Waals surface area contributed by atoms with Crippen molar-refractivity contribution in [3.8, 4) is 5.75 Å². The number of ether oxygens (including phenoxy) is 2. The fourth-order valence-electron chi connectivity index (χ4n) is 3.08. The average Bonchev–Trinajstić information content (AvgIpc) is 2.87. The van der Waals surface area contributed by atoms with Gasteiger partial charge in [-0.15, -0.1) is 0 Å². The molecule has 0 aliphatic carbocycles. The topological polar surface area (TPSA) is 88.7 Å². The number of rotatable bonds is 9. The summed E-state index contributed by atoms with van der Waals surface area (Å²) in [6, 6.07) is 16.9. The average molecular weight is 532 g/mol. The first-order valence-electron chi connectivity index (χ1n) is 11.2. The third-order valence-electron chi connectivity index (χ3n) is 4.90. The van der Waals surface area contributed by atoms with Crippen molar-refractivity contribution in [2.24, 2.45) is 0 Å². The van der Waals surface area contributed by atoms with E-state index in [0.717, 1.165) is 12.1 Å². The van der Waals surface area contributed by atoms with Crippen LogP contribution in [0.4, 0.5) is 24.5 Å². The monoisotopic (exact) mass is 531 g/mol. The quantitative estimate of drug-likeness (QED) is 0.250. The van der Waals surface area contributed by atoms with E-state index in [9.17, 15) is 22.8 Å². The lowest BCUT2D eigenvalue weighted by Gasteiger charge is -2.12. The van der Waals surface area contributed by atoms with E-state index < -0.39 is 23.6 Å². The summed E-state index contributed by atoms with van der Waals surface area (Å²) in [6.45, 7) is 3.38. The lowest BCUT2D eigenvalue weighted by Crippen LogP contribution is -2.34. The molecule has 0 bridgehead atoms. The smallest absolute Gasteiger partial charge is 0.416 e. The molecule has 0 heterocycles. The maximum Gasteiger partial charge on any atom is 0.416 e. The molecule has 0 radical (unpaired) electrons. The van der Waals surface area contributed by atoms with Gasteiger partial charge in [-0.2, -0.15) is 13.2 Å². The van der Waals surface area contributed by atoms with Crippen LogP contribution in [-0.4, -0.2) is 36.7 Å². The zero-order chi connectivity index (χ0) is 26.8. The molecule has 0 aromatic heterocycles. The van der Waals surface area contributed by atoms with Crippen molar-refractivity contribution in [3.05, 3.63) is 89.5 Å². The normalized spacial score (nSPS) is 10.9. The minimum atomic E-state index is -4.51. The van der Waals surface area contributed by atoms with Gasteiger partial charge in [0.05, 0.1) is 12.2 Å². The van der Waals surface area contributed by atoms with E-state index in [1.807, 2.05) is 6.92 Å². The highest BCUT2D eigenvalue weighted by molar-refractivity contribution is 7.80. The summed E-state index contributed by atoms with van der Waals surface area (Å²) in [5.74, 6) is -0.392. The highest BCUT2D eigenvalue weighted by atomic mass is 32.1. The zero-order valence-electron chi connectivity index (χ0n) is 19.7. The van der Waals surface area contributed by atoms with E-state index in [1.165, 1.54) is 24.3 Å². The standard InChI is InChI=1S/C26H24F3N3O4S/c1-2-35-14-15-36-22-12-8-18(9-13-22)24(34)32-25(37)31-20-10-6-17(7-11-20)23(33)30-21-5-3-4-19(16-21)26(27,28)29/h3-13,16H,2,14-15H2,1H3,(H,30,33)(H2,31,32,34,37). The van der Waals surface area contributed by atoms with Gasteiger partial charge in [-0.25, -0.2) is 0 Å². The fraction of sp³-hybridized carbons (Fsp3) is 0.192. The fourth-order valence-corrected chi connectivity index (χ4v) is 3.29. The summed E-state index contributed by atoms with van der Waals surface area (Å²) < 4.78 is 49.3. The second kappa shape index (κ2) is 12.8. The SMILES string of the molecule is CCOCCOc1ccc(C(=O)NC(=S)Nc2ccc(C(=O)Nc3cccc(C(F)(F)F)c3)cc2)cc1. The number of thiocarbonyl (C=S) groups is 1. The molecule has 194 valence electrons. The lowest BCUT2D eigenvalue weighted by molar-refractivity contribution is -0.137. The summed E-state index contributed by atoms with van der Waals surface area (Å²) in [4.78, 5) is 24.8. The van der Waals surface area contributed by atoms with Crippen LogP contribution >= 0.6 is 12.2 Å². The number of hydrogen-bond donors (Lipinski definition) is 3. The second-order valence-electron chi connectivity index (χ2n) is 7.59. The van der Waals surface area contributed by atoms with Crippen molar-refractivity contribution >= 4 is 40.5 Å². The molecule has 0 spiro atoms. The third-order valence-corrected chi connectivity index (χ3v) is 5.10. The van der Waals surface area contributed by atoms with Crippen LogP contribution in [0.15, 0.2) is 72.8 Å². The first-order chi connectivity index (χ1) is 17.7. The third kappa shape index (κ3) is 8.58. The Labute approximate surface area is 217 Å². The Morgan fingerprint density at radius 2 is 1.49 bits per heavy atom. The first-order valence-corrected chi connectivity index (χ1v) is 11.6. The summed E-state index contributed by atoms with van der Waals surface area (Å²) in [5.41, 5.74) is 0.265. The number of nitrogens with one attached hydrogen (secondary N) is 3. The van der Waals surface area contributed by atoms with Crippen LogP contribution in [0.1, 0.15) is 33.2 Å². The van der Waals surface area contributed by atoms with E-state index in [0.29, 0.717) is 36.8 Å². The molecule has 0 saturated heterocycles. The number of carbonyl (C=O) groups excluding carboxylic acids is 2. The first kappa shape index (κ1) is 27.6. The number of benzene rings is 3. The maximum atomic E-state index is 12.9. The van der Waals surface area contributed by atoms with Crippen LogP contribution in [0.25, 0.3) is 0 Å². The van der Waals surface area contributed by atoms with Gasteiger partial charge in [0.25, 0.3) is 11.8 Å². The molecule has 3 aromatic carbocycles. The molecular formula is C26H24F3N3O4S. The van der Waals surface area contributed by atoms with Crippen LogP contribution in [0.5, 0.6) is 5.75 Å². The Kier molecular flexibility index (Phi) is 9.58. The van der Waals surface area contributed by atoms with Crippen LogP contribution in [0.2, 0.25) is 0 Å². The van der Waals surface area contributed by atoms with Gasteiger partial charge in [0.15, 0.2) is 5.11 Å².